The summed E-state index contributed by atoms with van der Waals surface area (Å²) in [7, 11) is 0. The number of ketones is 1. The highest BCUT2D eigenvalue weighted by atomic mass is 16.1. The van der Waals surface area contributed by atoms with Gasteiger partial charge in [-0.15, -0.1) is 0 Å². The second-order valence-corrected chi connectivity index (χ2v) is 3.81. The normalized spacial score (nSPS) is 36.5. The highest BCUT2D eigenvalue weighted by Crippen LogP contribution is 2.37. The maximum atomic E-state index is 10.9. The van der Waals surface area contributed by atoms with Gasteiger partial charge in [0.15, 0.2) is 0 Å². The molecule has 0 aromatic rings. The summed E-state index contributed by atoms with van der Waals surface area (Å²) >= 11 is 0. The van der Waals surface area contributed by atoms with Crippen LogP contribution in [0, 0.1) is 5.92 Å². The second kappa shape index (κ2) is 2.94. The summed E-state index contributed by atoms with van der Waals surface area (Å²) < 4.78 is 0. The molecule has 0 atom stereocenters. The van der Waals surface area contributed by atoms with E-state index in [9.17, 15) is 4.79 Å². The summed E-state index contributed by atoms with van der Waals surface area (Å²) in [6.07, 6.45) is 2.05. The standard InChI is InChI=1S/C9H17NO/c1-4-10-9(3)5-8(6-9)7(2)11/h8,10H,4-6H2,1-3H3. The Kier molecular flexibility index (Phi) is 2.33. The zero-order valence-electron chi connectivity index (χ0n) is 7.61. The van der Waals surface area contributed by atoms with E-state index in [-0.39, 0.29) is 5.54 Å². The third-order valence-corrected chi connectivity index (χ3v) is 2.57. The van der Waals surface area contributed by atoms with Crippen molar-refractivity contribution in [2.75, 3.05) is 6.54 Å². The zero-order chi connectivity index (χ0) is 8.48. The number of Topliss-reactive ketones (excluding diaryl/α,β-unsaturated/α-hetero) is 1. The first kappa shape index (κ1) is 8.72. The average molecular weight is 155 g/mol. The quantitative estimate of drug-likeness (QED) is 0.666. The van der Waals surface area contributed by atoms with Crippen LogP contribution in [-0.4, -0.2) is 17.9 Å². The highest BCUT2D eigenvalue weighted by Gasteiger charge is 2.41. The van der Waals surface area contributed by atoms with Crippen LogP contribution in [0.4, 0.5) is 0 Å². The third-order valence-electron chi connectivity index (χ3n) is 2.57. The van der Waals surface area contributed by atoms with Gasteiger partial charge < -0.3 is 5.32 Å². The average Bonchev–Trinajstić information content (AvgIpc) is 1.82. The Morgan fingerprint density at radius 3 is 2.55 bits per heavy atom. The van der Waals surface area contributed by atoms with E-state index < -0.39 is 0 Å². The van der Waals surface area contributed by atoms with Gasteiger partial charge in [-0.1, -0.05) is 6.92 Å². The lowest BCUT2D eigenvalue weighted by atomic mass is 9.68. The molecular weight excluding hydrogens is 138 g/mol. The smallest absolute Gasteiger partial charge is 0.133 e. The van der Waals surface area contributed by atoms with E-state index in [1.807, 2.05) is 0 Å². The van der Waals surface area contributed by atoms with Crippen LogP contribution in [0.3, 0.4) is 0 Å². The van der Waals surface area contributed by atoms with Gasteiger partial charge in [0.05, 0.1) is 0 Å². The fraction of sp³-hybridized carbons (Fsp3) is 0.889. The van der Waals surface area contributed by atoms with Gasteiger partial charge >= 0.3 is 0 Å². The molecule has 0 heterocycles. The maximum Gasteiger partial charge on any atom is 0.133 e. The Morgan fingerprint density at radius 1 is 1.64 bits per heavy atom. The van der Waals surface area contributed by atoms with Crippen molar-refractivity contribution < 1.29 is 4.79 Å². The fourth-order valence-corrected chi connectivity index (χ4v) is 1.89. The Hall–Kier alpha value is -0.370. The minimum absolute atomic E-state index is 0.255. The SMILES string of the molecule is CCNC1(C)CC(C(C)=O)C1. The molecule has 2 nitrogen and oxygen atoms in total. The van der Waals surface area contributed by atoms with E-state index in [2.05, 4.69) is 19.2 Å². The molecule has 2 heteroatoms. The molecule has 1 rings (SSSR count). The van der Waals surface area contributed by atoms with Crippen LogP contribution >= 0.6 is 0 Å². The minimum atomic E-state index is 0.255. The van der Waals surface area contributed by atoms with Crippen molar-refractivity contribution >= 4 is 5.78 Å². The second-order valence-electron chi connectivity index (χ2n) is 3.81. The topological polar surface area (TPSA) is 29.1 Å². The van der Waals surface area contributed by atoms with Gasteiger partial charge in [-0.3, -0.25) is 4.79 Å². The molecule has 64 valence electrons. The van der Waals surface area contributed by atoms with Crippen LogP contribution in [-0.2, 0) is 4.79 Å². The molecule has 0 unspecified atom stereocenters. The lowest BCUT2D eigenvalue weighted by Gasteiger charge is -2.44. The number of hydrogen-bond donors (Lipinski definition) is 1. The van der Waals surface area contributed by atoms with E-state index in [4.69, 9.17) is 0 Å². The van der Waals surface area contributed by atoms with E-state index in [0.29, 0.717) is 11.7 Å². The predicted molar refractivity (Wildman–Crippen MR) is 45.5 cm³/mol. The summed E-state index contributed by atoms with van der Waals surface area (Å²) in [5.74, 6) is 0.680. The maximum absolute atomic E-state index is 10.9. The van der Waals surface area contributed by atoms with Crippen molar-refractivity contribution in [2.45, 2.75) is 39.2 Å². The van der Waals surface area contributed by atoms with Crippen molar-refractivity contribution in [1.82, 2.24) is 5.32 Å². The van der Waals surface area contributed by atoms with Gasteiger partial charge in [0.1, 0.15) is 5.78 Å². The van der Waals surface area contributed by atoms with Crippen molar-refractivity contribution in [3.05, 3.63) is 0 Å². The van der Waals surface area contributed by atoms with Gasteiger partial charge in [0.25, 0.3) is 0 Å². The molecule has 0 aromatic carbocycles. The Labute approximate surface area is 68.4 Å². The van der Waals surface area contributed by atoms with Crippen molar-refractivity contribution in [3.63, 3.8) is 0 Å². The summed E-state index contributed by atoms with van der Waals surface area (Å²) in [5, 5.41) is 3.39. The van der Waals surface area contributed by atoms with E-state index in [1.54, 1.807) is 6.92 Å². The lowest BCUT2D eigenvalue weighted by Crippen LogP contribution is -2.54. The molecule has 0 bridgehead atoms. The van der Waals surface area contributed by atoms with Crippen LogP contribution in [0.15, 0.2) is 0 Å². The van der Waals surface area contributed by atoms with E-state index in [1.165, 1.54) is 0 Å². The molecule has 1 N–H and O–H groups in total. The van der Waals surface area contributed by atoms with Crippen LogP contribution in [0.2, 0.25) is 0 Å². The Balaban J connectivity index is 2.31. The molecule has 0 aliphatic heterocycles. The first-order valence-corrected chi connectivity index (χ1v) is 4.33. The van der Waals surface area contributed by atoms with Crippen LogP contribution in [0.5, 0.6) is 0 Å². The van der Waals surface area contributed by atoms with Crippen molar-refractivity contribution in [1.29, 1.82) is 0 Å². The highest BCUT2D eigenvalue weighted by molar-refractivity contribution is 5.79. The first-order chi connectivity index (χ1) is 5.07. The molecule has 1 aliphatic carbocycles. The van der Waals surface area contributed by atoms with E-state index in [0.717, 1.165) is 19.4 Å². The van der Waals surface area contributed by atoms with Crippen molar-refractivity contribution in [3.8, 4) is 0 Å². The molecular formula is C9H17NO. The monoisotopic (exact) mass is 155 g/mol. The van der Waals surface area contributed by atoms with Gasteiger partial charge in [-0.2, -0.15) is 0 Å². The van der Waals surface area contributed by atoms with Crippen LogP contribution in [0.25, 0.3) is 0 Å². The number of carbonyl (C=O) groups excluding carboxylic acids is 1. The Bertz CT molecular complexity index is 159. The molecule has 0 saturated heterocycles. The van der Waals surface area contributed by atoms with Gasteiger partial charge in [0, 0.05) is 11.5 Å². The predicted octanol–water partition coefficient (Wildman–Crippen LogP) is 1.35. The van der Waals surface area contributed by atoms with E-state index >= 15 is 0 Å². The molecule has 11 heavy (non-hydrogen) atoms. The summed E-state index contributed by atoms with van der Waals surface area (Å²) in [6.45, 7) is 6.99. The number of rotatable bonds is 3. The third kappa shape index (κ3) is 1.80. The summed E-state index contributed by atoms with van der Waals surface area (Å²) in [4.78, 5) is 10.9. The number of carbonyl (C=O) groups is 1. The fourth-order valence-electron chi connectivity index (χ4n) is 1.89. The Morgan fingerprint density at radius 2 is 2.18 bits per heavy atom. The van der Waals surface area contributed by atoms with Gasteiger partial charge in [0.2, 0.25) is 0 Å². The van der Waals surface area contributed by atoms with Crippen LogP contribution in [0.1, 0.15) is 33.6 Å². The number of hydrogen-bond acceptors (Lipinski definition) is 2. The summed E-state index contributed by atoms with van der Waals surface area (Å²) in [5.41, 5.74) is 0.255. The molecule has 0 amide bonds. The zero-order valence-corrected chi connectivity index (χ0v) is 7.61. The van der Waals surface area contributed by atoms with Gasteiger partial charge in [-0.25, -0.2) is 0 Å². The van der Waals surface area contributed by atoms with Gasteiger partial charge in [-0.05, 0) is 33.2 Å². The molecule has 0 spiro atoms. The van der Waals surface area contributed by atoms with Crippen LogP contribution < -0.4 is 5.32 Å². The first-order valence-electron chi connectivity index (χ1n) is 4.33. The molecule has 1 fully saturated rings. The molecule has 0 radical (unpaired) electrons. The lowest BCUT2D eigenvalue weighted by molar-refractivity contribution is -0.125. The summed E-state index contributed by atoms with van der Waals surface area (Å²) in [6, 6.07) is 0. The molecule has 1 saturated carbocycles. The number of nitrogens with one attached hydrogen (secondary N) is 1. The van der Waals surface area contributed by atoms with Crippen molar-refractivity contribution in [2.24, 2.45) is 5.92 Å². The molecule has 0 aromatic heterocycles. The minimum Gasteiger partial charge on any atom is -0.312 e. The molecule has 1 aliphatic rings. The largest absolute Gasteiger partial charge is 0.312 e.